The number of aromatic nitrogens is 18. The number of ether oxygens (including phenoxy) is 3. The van der Waals surface area contributed by atoms with Gasteiger partial charge in [-0.1, -0.05) is 145 Å². The molecule has 15 N–H and O–H groups in total. The molecule has 142 heavy (non-hydrogen) atoms. The number of amides is 3. The van der Waals surface area contributed by atoms with E-state index in [2.05, 4.69) is 156 Å². The lowest BCUT2D eigenvalue weighted by atomic mass is 9.89. The van der Waals surface area contributed by atoms with Gasteiger partial charge in [-0.15, -0.1) is 0 Å². The molecule has 3 amide bonds. The van der Waals surface area contributed by atoms with Crippen molar-refractivity contribution in [1.29, 1.82) is 0 Å². The van der Waals surface area contributed by atoms with E-state index in [-0.39, 0.29) is 92.1 Å². The Balaban J connectivity index is 0.000000201. The quantitative estimate of drug-likeness (QED) is 0.0164. The van der Waals surface area contributed by atoms with Gasteiger partial charge in [0.15, 0.2) is 0 Å². The highest BCUT2D eigenvalue weighted by Crippen LogP contribution is 2.44. The van der Waals surface area contributed by atoms with Gasteiger partial charge in [-0.3, -0.25) is 28.8 Å². The SMILES string of the molecule is C.CCOC(=O)c1[nH]c(=O)c(Br)cc1Cl.CCOC(=O)c1[nH]c(=O)c(Nc2ccncn2)cc1Cl.CCOC(=O)c1[nH]c(=S)c(Nc2ccncn2)cc1Cl.NC(=O)c1[nH]c(=S)c(Nc2ccncn2)cc1Cl.Nc1ccncn1.O=C1CCCCC1.O=C1NC2(CCCCC2)n2c1c(Cl)cc(Nc1ccncn1)c2=S.O=C1NC2(CCCCC2)n2c1c(Cl)cc(Nc1ccncn1)c2=S.S=PP=S=S=S=S. The lowest BCUT2D eigenvalue weighted by Gasteiger charge is -2.36. The molecule has 0 bridgehead atoms. The number of carbonyl (C=O) groups excluding carboxylic acids is 7. The van der Waals surface area contributed by atoms with Crippen LogP contribution in [0.5, 0.6) is 0 Å². The van der Waals surface area contributed by atoms with Gasteiger partial charge >= 0.3 is 17.9 Å². The molecule has 3 saturated carbocycles. The Kier molecular flexibility index (Phi) is 48.6. The summed E-state index contributed by atoms with van der Waals surface area (Å²) in [6, 6.07) is 19.2. The van der Waals surface area contributed by atoms with Crippen LogP contribution in [0.4, 0.5) is 63.3 Å². The zero-order valence-corrected chi connectivity index (χ0v) is 89.4. The summed E-state index contributed by atoms with van der Waals surface area (Å²) >= 11 is 70.3. The second kappa shape index (κ2) is 59.4. The number of nitrogens with zero attached hydrogens (tertiary/aromatic N) is 14. The van der Waals surface area contributed by atoms with Gasteiger partial charge in [0.2, 0.25) is 0 Å². The fraction of sp³-hybridized carbons (Fsp3) is 0.282. The molecule has 0 unspecified atom stereocenters. The maximum atomic E-state index is 12.5. The molecule has 2 aliphatic heterocycles. The summed E-state index contributed by atoms with van der Waals surface area (Å²) in [7, 11) is 6.83. The third kappa shape index (κ3) is 34.4. The molecule has 17 rings (SSSR count). The summed E-state index contributed by atoms with van der Waals surface area (Å²) in [4.78, 5) is 161. The topological polar surface area (TPSA) is 545 Å². The molecule has 2 spiro atoms. The minimum absolute atomic E-state index is 0. The lowest BCUT2D eigenvalue weighted by molar-refractivity contribution is -0.120. The van der Waals surface area contributed by atoms with Crippen LogP contribution in [-0.4, -0.2) is 150 Å². The molecular formula is C85H88BrCl6N27O12P2S9. The maximum absolute atomic E-state index is 12.5. The summed E-state index contributed by atoms with van der Waals surface area (Å²) < 4.78 is 20.2. The Morgan fingerprint density at radius 3 is 1.11 bits per heavy atom. The number of hydrogen-bond donors (Lipinski definition) is 13. The standard InChI is InChI=1S/2C16H16ClN5OS.C12H11ClN4O3.C12H11ClN4O2S.C10H8ClN5OS.C8H7BrClNO3.C6H10O.C4H5N3.CH4.P2S5/c2*17-10-8-11(20-12-4-7-18-9-19-12)15(24)22-13(10)14(23)21-16(22)5-2-1-3-6-16;1-2-20-12(19)10-7(13)5-8(11(18)17-10)16-9-3-4-14-6-15-9;1-2-19-12(18)10-7(13)5-8(11(20)17-10)16-9-3-4-14-6-15-9;11-5-3-6(10(18)16-8(5)9(12)17)15-7-1-2-13-4-14-7;1-2-14-8(13)6-5(10)3-4(9)7(12)11-6;7-6-4-2-1-3-5-6;5-4-1-2-6-3-7-4;;3-1-2-5-7-6-4/h2*4,7-9H,1-3,5-6H2,(H,21,23)(H,18,19,20);3-6H,2H2,1H3,(H,17,18)(H,14,15,16);3-6H,2H2,1H3,(H,17,20)(H,14,15,16);1-4H,(H2,12,17)(H,16,18)(H,13,14,15);3H,2H2,1H3,(H,11,12);1-5H2;1-3H,(H2,5,6,7);1H4;. The van der Waals surface area contributed by atoms with Crippen molar-refractivity contribution < 1.29 is 47.8 Å². The number of anilines is 11. The summed E-state index contributed by atoms with van der Waals surface area (Å²) in [5.41, 5.74) is 12.1. The Morgan fingerprint density at radius 2 is 0.782 bits per heavy atom. The maximum Gasteiger partial charge on any atom is 0.356 e. The number of hydrogen-bond acceptors (Lipinski definition) is 36. The number of halogens is 7. The predicted molar refractivity (Wildman–Crippen MR) is 578 cm³/mol. The molecule has 0 saturated heterocycles. The molecular weight excluding hydrogens is 2230 g/mol. The average molecular weight is 2320 g/mol. The molecule has 12 aromatic rings. The van der Waals surface area contributed by atoms with Crippen molar-refractivity contribution in [3.8, 4) is 0 Å². The van der Waals surface area contributed by atoms with Crippen LogP contribution in [0.15, 0.2) is 162 Å². The van der Waals surface area contributed by atoms with Crippen LogP contribution in [0.1, 0.15) is 187 Å². The number of rotatable bonds is 18. The predicted octanol–water partition coefficient (Wildman–Crippen LogP) is 20.3. The molecule has 14 heterocycles. The van der Waals surface area contributed by atoms with Crippen molar-refractivity contribution in [1.82, 2.24) is 99.5 Å². The first-order valence-electron chi connectivity index (χ1n) is 41.9. The monoisotopic (exact) mass is 2320 g/mol. The molecule has 748 valence electrons. The molecule has 39 nitrogen and oxygen atoms in total. The molecule has 0 atom stereocenters. The van der Waals surface area contributed by atoms with E-state index in [9.17, 15) is 43.2 Å². The molecule has 12 aromatic heterocycles. The van der Waals surface area contributed by atoms with E-state index in [1.807, 2.05) is 9.13 Å². The normalized spacial score (nSPS) is 13.2. The van der Waals surface area contributed by atoms with Crippen molar-refractivity contribution in [2.24, 2.45) is 5.73 Å². The number of esters is 3. The van der Waals surface area contributed by atoms with Crippen LogP contribution < -0.4 is 59.8 Å². The summed E-state index contributed by atoms with van der Waals surface area (Å²) in [6.45, 7) is 5.73. The number of nitrogen functional groups attached to an aromatic ring is 1. The third-order valence-electron chi connectivity index (χ3n) is 19.6. The molecule has 5 aliphatic rings. The second-order valence-electron chi connectivity index (χ2n) is 29.0. The Morgan fingerprint density at radius 1 is 0.458 bits per heavy atom. The van der Waals surface area contributed by atoms with E-state index in [0.29, 0.717) is 103 Å². The highest BCUT2D eigenvalue weighted by atomic mass is 79.9. The molecule has 57 heteroatoms. The smallest absolute Gasteiger partial charge is 0.356 e. The largest absolute Gasteiger partial charge is 0.461 e. The van der Waals surface area contributed by atoms with Gasteiger partial charge in [0, 0.05) is 64.1 Å². The van der Waals surface area contributed by atoms with Crippen molar-refractivity contribution in [3.63, 3.8) is 0 Å². The van der Waals surface area contributed by atoms with Gasteiger partial charge in [-0.2, -0.15) is 0 Å². The minimum Gasteiger partial charge on any atom is -0.461 e. The lowest BCUT2D eigenvalue weighted by Crippen LogP contribution is -2.45. The van der Waals surface area contributed by atoms with Crippen LogP contribution >= 0.6 is 148 Å². The zero-order chi connectivity index (χ0) is 102. The van der Waals surface area contributed by atoms with Gasteiger partial charge in [0.1, 0.15) is 148 Å². The van der Waals surface area contributed by atoms with E-state index in [0.717, 1.165) is 84.1 Å². The minimum atomic E-state index is -0.678. The molecule has 3 fully saturated rings. The summed E-state index contributed by atoms with van der Waals surface area (Å²) in [6.07, 6.45) is 33.4. The highest BCUT2D eigenvalue weighted by molar-refractivity contribution is 9.10. The number of aromatic amines is 4. The fourth-order valence-corrected chi connectivity index (χ4v) is 26.3. The third-order valence-corrected chi connectivity index (χ3v) is 33.4. The number of ketones is 1. The first-order chi connectivity index (χ1) is 67.8. The van der Waals surface area contributed by atoms with Crippen LogP contribution in [0.3, 0.4) is 0 Å². The highest BCUT2D eigenvalue weighted by Gasteiger charge is 2.46. The van der Waals surface area contributed by atoms with E-state index in [1.165, 1.54) is 97.5 Å². The number of pyridine rings is 6. The molecule has 0 radical (unpaired) electrons. The van der Waals surface area contributed by atoms with Crippen molar-refractivity contribution in [2.45, 2.75) is 136 Å². The number of carbonyl (C=O) groups is 7. The Bertz CT molecular complexity index is 6730. The van der Waals surface area contributed by atoms with Crippen LogP contribution in [0.2, 0.25) is 30.1 Å². The van der Waals surface area contributed by atoms with E-state index in [1.54, 1.807) is 125 Å². The van der Waals surface area contributed by atoms with Crippen molar-refractivity contribution in [3.05, 3.63) is 256 Å². The van der Waals surface area contributed by atoms with E-state index >= 15 is 0 Å². The van der Waals surface area contributed by atoms with Crippen molar-refractivity contribution in [2.75, 3.05) is 52.1 Å². The summed E-state index contributed by atoms with van der Waals surface area (Å²) in [5.74, 6) is 0.967. The Hall–Kier alpha value is -10.9. The van der Waals surface area contributed by atoms with Gasteiger partial charge < -0.3 is 92.0 Å². The van der Waals surface area contributed by atoms with E-state index < -0.39 is 46.3 Å². The van der Waals surface area contributed by atoms with Gasteiger partial charge in [-0.05, 0) is 224 Å². The van der Waals surface area contributed by atoms with Gasteiger partial charge in [0.05, 0.1) is 77.2 Å². The Labute approximate surface area is 892 Å². The molecule has 0 aromatic carbocycles. The number of H-pyrrole nitrogens is 4. The number of primary amides is 1. The van der Waals surface area contributed by atoms with Crippen molar-refractivity contribution >= 4 is 304 Å². The van der Waals surface area contributed by atoms with Crippen LogP contribution in [0, 0.1) is 18.6 Å². The summed E-state index contributed by atoms with van der Waals surface area (Å²) in [5, 5.41) is 22.8. The number of nitrogens with two attached hydrogens (primary N) is 2. The van der Waals surface area contributed by atoms with Gasteiger partial charge in [0.25, 0.3) is 28.8 Å². The number of Topliss-reactive ketones (excluding diaryl/α,β-unsaturated/α-hetero) is 1. The zero-order valence-electron chi connectivity index (χ0n) is 74.1. The number of nitrogens with one attached hydrogen (secondary N) is 11. The fourth-order valence-electron chi connectivity index (χ4n) is 13.5. The van der Waals surface area contributed by atoms with Crippen LogP contribution in [-0.2, 0) is 80.6 Å². The average Bonchev–Trinajstić information content (AvgIpc) is 1.58. The van der Waals surface area contributed by atoms with Crippen LogP contribution in [0.25, 0.3) is 0 Å². The molecule has 3 aliphatic carbocycles. The van der Waals surface area contributed by atoms with E-state index in [4.69, 9.17) is 144 Å². The first kappa shape index (κ1) is 116. The first-order valence-corrected chi connectivity index (χ1v) is 55.1. The van der Waals surface area contributed by atoms with Gasteiger partial charge in [-0.25, -0.2) is 74.2 Å². The second-order valence-corrected chi connectivity index (χ2v) is 43.6. The number of fused-ring (bicyclic) bond motifs is 4.